The number of nitrogens with two attached hydrogens (primary N) is 1. The van der Waals surface area contributed by atoms with Gasteiger partial charge in [-0.2, -0.15) is 0 Å². The van der Waals surface area contributed by atoms with E-state index in [9.17, 15) is 34.8 Å². The molecular weight excluding hydrogens is 530 g/mol. The Bertz CT molecular complexity index is 1570. The molecule has 2 aromatic rings. The summed E-state index contributed by atoms with van der Waals surface area (Å²) in [5.74, 6) is -6.26. The largest absolute Gasteiger partial charge is 0.508 e. The molecule has 2 unspecified atom stereocenters. The highest BCUT2D eigenvalue weighted by molar-refractivity contribution is 6.24. The number of aliphatic hydroxyl groups is 3. The van der Waals surface area contributed by atoms with E-state index in [0.29, 0.717) is 28.1 Å². The summed E-state index contributed by atoms with van der Waals surface area (Å²) in [7, 11) is 8.29. The number of fused-ring (bicyclic) bond motifs is 3. The van der Waals surface area contributed by atoms with Crippen molar-refractivity contribution in [2.75, 3.05) is 40.2 Å². The van der Waals surface area contributed by atoms with Gasteiger partial charge in [-0.3, -0.25) is 19.3 Å². The van der Waals surface area contributed by atoms with Gasteiger partial charge in [0, 0.05) is 36.8 Å². The van der Waals surface area contributed by atoms with E-state index >= 15 is 0 Å². The highest BCUT2D eigenvalue weighted by atomic mass is 16.5. The van der Waals surface area contributed by atoms with Crippen molar-refractivity contribution in [1.82, 2.24) is 4.90 Å². The van der Waals surface area contributed by atoms with Crippen molar-refractivity contribution in [3.05, 3.63) is 58.4 Å². The number of rotatable bonds is 5. The molecule has 11 heteroatoms. The van der Waals surface area contributed by atoms with Crippen LogP contribution in [0.3, 0.4) is 0 Å². The summed E-state index contributed by atoms with van der Waals surface area (Å²) in [5.41, 5.74) is 3.96. The second-order valence-electron chi connectivity index (χ2n) is 11.2. The summed E-state index contributed by atoms with van der Waals surface area (Å²) in [4.78, 5) is 42.9. The minimum Gasteiger partial charge on any atom is -0.508 e. The average Bonchev–Trinajstić information content (AvgIpc) is 2.90. The fraction of sp³-hybridized carbons (Fsp3) is 0.367. The number of anilines is 1. The maximum Gasteiger partial charge on any atom is 0.255 e. The molecule has 0 aliphatic heterocycles. The van der Waals surface area contributed by atoms with E-state index in [1.54, 1.807) is 44.4 Å². The van der Waals surface area contributed by atoms with Crippen molar-refractivity contribution in [3.8, 4) is 22.6 Å². The van der Waals surface area contributed by atoms with Gasteiger partial charge in [-0.05, 0) is 62.2 Å². The van der Waals surface area contributed by atoms with Gasteiger partial charge in [-0.15, -0.1) is 0 Å². The predicted molar refractivity (Wildman–Crippen MR) is 151 cm³/mol. The van der Waals surface area contributed by atoms with Crippen LogP contribution < -0.4 is 15.4 Å². The van der Waals surface area contributed by atoms with Gasteiger partial charge in [0.05, 0.1) is 18.7 Å². The van der Waals surface area contributed by atoms with Crippen LogP contribution in [0.4, 0.5) is 5.69 Å². The van der Waals surface area contributed by atoms with Gasteiger partial charge in [0.1, 0.15) is 28.6 Å². The molecule has 6 N–H and O–H groups in total. The SMILES string of the molecule is COc1cccc(-c2cc(N(C)C)c3c(c2O)C(O)=C2C(=O)[C@]4(O)C(O)=C(C(N)=O)C(=O)[C@@H](N(C)C)C4CC2C3)c1. The zero-order valence-corrected chi connectivity index (χ0v) is 23.4. The Morgan fingerprint density at radius 1 is 1.10 bits per heavy atom. The summed E-state index contributed by atoms with van der Waals surface area (Å²) in [6, 6.07) is 7.67. The Balaban J connectivity index is 1.77. The number of phenols is 1. The van der Waals surface area contributed by atoms with E-state index in [2.05, 4.69) is 0 Å². The van der Waals surface area contributed by atoms with Crippen molar-refractivity contribution < 1.29 is 39.5 Å². The molecule has 216 valence electrons. The number of carbonyl (C=O) groups excluding carboxylic acids is 3. The molecule has 0 bridgehead atoms. The smallest absolute Gasteiger partial charge is 0.255 e. The lowest BCUT2D eigenvalue weighted by atomic mass is 9.57. The van der Waals surface area contributed by atoms with Crippen LogP contribution in [0.25, 0.3) is 16.9 Å². The van der Waals surface area contributed by atoms with Crippen molar-refractivity contribution in [2.45, 2.75) is 24.5 Å². The number of methoxy groups -OCH3 is 1. The Labute approximate surface area is 236 Å². The molecule has 0 saturated heterocycles. The molecule has 41 heavy (non-hydrogen) atoms. The molecule has 1 saturated carbocycles. The van der Waals surface area contributed by atoms with Crippen LogP contribution in [0, 0.1) is 11.8 Å². The number of phenolic OH excluding ortho intramolecular Hbond substituents is 1. The number of hydrogen-bond acceptors (Lipinski definition) is 10. The Kier molecular flexibility index (Phi) is 6.62. The Hall–Kier alpha value is -4.35. The third kappa shape index (κ3) is 3.91. The fourth-order valence-corrected chi connectivity index (χ4v) is 6.70. The second-order valence-corrected chi connectivity index (χ2v) is 11.2. The van der Waals surface area contributed by atoms with Gasteiger partial charge >= 0.3 is 0 Å². The highest BCUT2D eigenvalue weighted by Gasteiger charge is 2.64. The molecule has 4 atom stereocenters. The number of hydrogen-bond donors (Lipinski definition) is 5. The first-order chi connectivity index (χ1) is 19.2. The van der Waals surface area contributed by atoms with E-state index in [0.717, 1.165) is 0 Å². The molecule has 0 radical (unpaired) electrons. The minimum atomic E-state index is -2.69. The zero-order chi connectivity index (χ0) is 30.1. The molecule has 1 amide bonds. The first-order valence-electron chi connectivity index (χ1n) is 13.1. The van der Waals surface area contributed by atoms with Gasteiger partial charge in [0.2, 0.25) is 5.78 Å². The number of primary amides is 1. The standard InChI is InChI=1S/C30H33N3O8/c1-32(2)19-12-16(13-7-6-8-15(9-13)41-5)24(34)21-17(19)10-14-11-18-23(33(3)4)26(36)22(29(31)39)28(38)30(18,40)27(37)20(14)25(21)35/h6-9,12,14,18,23,34-35,38,40H,10-11H2,1-5H3,(H2,31,39)/t14?,18?,23-,30-/m0/s1. The van der Waals surface area contributed by atoms with Gasteiger partial charge in [-0.1, -0.05) is 12.1 Å². The van der Waals surface area contributed by atoms with Gasteiger partial charge in [-0.25, -0.2) is 0 Å². The lowest BCUT2D eigenvalue weighted by Gasteiger charge is -2.50. The summed E-state index contributed by atoms with van der Waals surface area (Å²) in [6.45, 7) is 0. The monoisotopic (exact) mass is 563 g/mol. The number of nitrogens with zero attached hydrogens (tertiary/aromatic N) is 2. The molecule has 1 fully saturated rings. The van der Waals surface area contributed by atoms with Crippen molar-refractivity contribution in [3.63, 3.8) is 0 Å². The lowest BCUT2D eigenvalue weighted by Crippen LogP contribution is -2.65. The summed E-state index contributed by atoms with van der Waals surface area (Å²) in [5, 5.41) is 46.0. The van der Waals surface area contributed by atoms with E-state index in [1.807, 2.05) is 19.0 Å². The van der Waals surface area contributed by atoms with E-state index in [1.165, 1.54) is 12.0 Å². The molecule has 0 spiro atoms. The number of Topliss-reactive ketones (excluding diaryl/α,β-unsaturated/α-hetero) is 2. The van der Waals surface area contributed by atoms with Crippen LogP contribution in [0.2, 0.25) is 0 Å². The summed E-state index contributed by atoms with van der Waals surface area (Å²) >= 11 is 0. The maximum atomic E-state index is 14.1. The van der Waals surface area contributed by atoms with Crippen LogP contribution >= 0.6 is 0 Å². The number of amides is 1. The Morgan fingerprint density at radius 2 is 1.78 bits per heavy atom. The number of ether oxygens (including phenoxy) is 1. The predicted octanol–water partition coefficient (Wildman–Crippen LogP) is 1.71. The van der Waals surface area contributed by atoms with Gasteiger partial charge in [0.25, 0.3) is 5.91 Å². The van der Waals surface area contributed by atoms with E-state index < -0.39 is 58.0 Å². The first kappa shape index (κ1) is 28.2. The minimum absolute atomic E-state index is 0.0248. The number of aromatic hydroxyl groups is 1. The quantitative estimate of drug-likeness (QED) is 0.337. The lowest BCUT2D eigenvalue weighted by molar-refractivity contribution is -0.153. The number of likely N-dealkylation sites (N-methyl/N-ethyl adjacent to an activating group) is 1. The van der Waals surface area contributed by atoms with Crippen LogP contribution in [0.5, 0.6) is 11.5 Å². The van der Waals surface area contributed by atoms with Crippen molar-refractivity contribution >= 4 is 28.9 Å². The number of ketones is 2. The number of carbonyl (C=O) groups is 3. The van der Waals surface area contributed by atoms with E-state index in [-0.39, 0.29) is 29.7 Å². The molecule has 3 aliphatic rings. The molecule has 0 aromatic heterocycles. The third-order valence-corrected chi connectivity index (χ3v) is 8.56. The number of aliphatic hydroxyl groups excluding tert-OH is 2. The summed E-state index contributed by atoms with van der Waals surface area (Å²) < 4.78 is 5.33. The average molecular weight is 564 g/mol. The molecule has 3 aliphatic carbocycles. The molecule has 5 rings (SSSR count). The number of benzene rings is 2. The van der Waals surface area contributed by atoms with Crippen LogP contribution in [0.1, 0.15) is 17.5 Å². The van der Waals surface area contributed by atoms with Crippen LogP contribution in [0.15, 0.2) is 47.2 Å². The topological polar surface area (TPSA) is 174 Å². The first-order valence-corrected chi connectivity index (χ1v) is 13.1. The fourth-order valence-electron chi connectivity index (χ4n) is 6.70. The molecule has 2 aromatic carbocycles. The Morgan fingerprint density at radius 3 is 2.37 bits per heavy atom. The molecular formula is C30H33N3O8. The normalized spacial score (nSPS) is 25.6. The highest BCUT2D eigenvalue weighted by Crippen LogP contribution is 2.55. The maximum absolute atomic E-state index is 14.1. The van der Waals surface area contributed by atoms with E-state index in [4.69, 9.17) is 10.5 Å². The van der Waals surface area contributed by atoms with Crippen molar-refractivity contribution in [1.29, 1.82) is 0 Å². The summed E-state index contributed by atoms with van der Waals surface area (Å²) in [6.07, 6.45) is 0.227. The second kappa shape index (κ2) is 9.64. The van der Waals surface area contributed by atoms with Gasteiger partial charge < -0.3 is 35.8 Å². The van der Waals surface area contributed by atoms with Crippen LogP contribution in [-0.4, -0.2) is 89.7 Å². The third-order valence-electron chi connectivity index (χ3n) is 8.56. The zero-order valence-electron chi connectivity index (χ0n) is 23.4. The molecule has 0 heterocycles. The van der Waals surface area contributed by atoms with Crippen LogP contribution in [-0.2, 0) is 20.8 Å². The molecule has 11 nitrogen and oxygen atoms in total. The van der Waals surface area contributed by atoms with Crippen molar-refractivity contribution in [2.24, 2.45) is 17.6 Å². The van der Waals surface area contributed by atoms with Gasteiger partial charge in [0.15, 0.2) is 11.4 Å².